The van der Waals surface area contributed by atoms with Crippen molar-refractivity contribution in [3.63, 3.8) is 0 Å². The van der Waals surface area contributed by atoms with Gasteiger partial charge < -0.3 is 14.8 Å². The molecule has 0 aliphatic rings. The molecule has 0 bridgehead atoms. The highest BCUT2D eigenvalue weighted by molar-refractivity contribution is 6.09. The first-order valence-corrected chi connectivity index (χ1v) is 7.89. The van der Waals surface area contributed by atoms with Crippen molar-refractivity contribution in [3.8, 4) is 0 Å². The molecule has 1 amide bonds. The Bertz CT molecular complexity index is 626. The number of ether oxygens (including phenoxy) is 2. The fourth-order valence-electron chi connectivity index (χ4n) is 2.20. The molecule has 1 atom stereocenters. The van der Waals surface area contributed by atoms with Crippen molar-refractivity contribution < 1.29 is 28.7 Å². The smallest absolute Gasteiger partial charge is 0.408 e. The van der Waals surface area contributed by atoms with E-state index in [1.165, 1.54) is 20.8 Å². The molecule has 7 heteroatoms. The van der Waals surface area contributed by atoms with E-state index in [0.29, 0.717) is 0 Å². The van der Waals surface area contributed by atoms with Crippen molar-refractivity contribution in [2.75, 3.05) is 6.61 Å². The first kappa shape index (κ1) is 20.3. The van der Waals surface area contributed by atoms with Gasteiger partial charge in [-0.1, -0.05) is 30.3 Å². The van der Waals surface area contributed by atoms with Gasteiger partial charge in [0.05, 0.1) is 6.61 Å². The van der Waals surface area contributed by atoms with Gasteiger partial charge in [0.15, 0.2) is 0 Å². The van der Waals surface area contributed by atoms with Crippen LogP contribution in [0.25, 0.3) is 0 Å². The van der Waals surface area contributed by atoms with Crippen LogP contribution in [0.4, 0.5) is 4.79 Å². The van der Waals surface area contributed by atoms with Gasteiger partial charge in [0, 0.05) is 0 Å². The maximum absolute atomic E-state index is 12.2. The Morgan fingerprint density at radius 1 is 1.04 bits per heavy atom. The number of hydrogen-bond donors (Lipinski definition) is 1. The molecule has 0 radical (unpaired) electrons. The fourth-order valence-corrected chi connectivity index (χ4v) is 2.20. The van der Waals surface area contributed by atoms with Gasteiger partial charge in [-0.2, -0.15) is 0 Å². The molecule has 1 aromatic rings. The summed E-state index contributed by atoms with van der Waals surface area (Å²) < 4.78 is 9.96. The first-order valence-electron chi connectivity index (χ1n) is 7.89. The molecule has 0 saturated carbocycles. The summed E-state index contributed by atoms with van der Waals surface area (Å²) in [6.45, 7) is 5.29. The van der Waals surface area contributed by atoms with Crippen LogP contribution < -0.4 is 5.32 Å². The molecule has 0 aliphatic heterocycles. The van der Waals surface area contributed by atoms with Gasteiger partial charge >= 0.3 is 12.1 Å². The van der Waals surface area contributed by atoms with E-state index in [-0.39, 0.29) is 13.2 Å². The number of benzene rings is 1. The van der Waals surface area contributed by atoms with Crippen LogP contribution in [0.5, 0.6) is 0 Å². The summed E-state index contributed by atoms with van der Waals surface area (Å²) in [5, 5.41) is 2.30. The number of carbonyl (C=O) groups is 4. The van der Waals surface area contributed by atoms with Crippen LogP contribution >= 0.6 is 0 Å². The normalized spacial score (nSPS) is 12.0. The van der Waals surface area contributed by atoms with E-state index in [1.54, 1.807) is 31.2 Å². The summed E-state index contributed by atoms with van der Waals surface area (Å²) >= 11 is 0. The largest absolute Gasteiger partial charge is 0.464 e. The van der Waals surface area contributed by atoms with Gasteiger partial charge in [-0.3, -0.25) is 9.59 Å². The molecule has 0 aromatic heterocycles. The van der Waals surface area contributed by atoms with Gasteiger partial charge in [0.25, 0.3) is 0 Å². The predicted octanol–water partition coefficient (Wildman–Crippen LogP) is 2.03. The zero-order valence-electron chi connectivity index (χ0n) is 14.8. The second-order valence-electron chi connectivity index (χ2n) is 5.71. The topological polar surface area (TPSA) is 98.8 Å². The monoisotopic (exact) mass is 349 g/mol. The third-order valence-electron chi connectivity index (χ3n) is 4.04. The van der Waals surface area contributed by atoms with Gasteiger partial charge in [0.1, 0.15) is 29.6 Å². The van der Waals surface area contributed by atoms with Crippen molar-refractivity contribution >= 4 is 23.6 Å². The Morgan fingerprint density at radius 2 is 1.60 bits per heavy atom. The van der Waals surface area contributed by atoms with Gasteiger partial charge in [-0.05, 0) is 33.3 Å². The average Bonchev–Trinajstić information content (AvgIpc) is 2.57. The number of carbonyl (C=O) groups excluding carboxylic acids is 4. The van der Waals surface area contributed by atoms with Gasteiger partial charge in [0.2, 0.25) is 0 Å². The zero-order valence-corrected chi connectivity index (χ0v) is 14.8. The second-order valence-corrected chi connectivity index (χ2v) is 5.71. The molecule has 0 aliphatic carbocycles. The lowest BCUT2D eigenvalue weighted by atomic mass is 9.75. The summed E-state index contributed by atoms with van der Waals surface area (Å²) in [6.07, 6.45) is -0.921. The Morgan fingerprint density at radius 3 is 2.08 bits per heavy atom. The number of hydrogen-bond acceptors (Lipinski definition) is 6. The standard InChI is InChI=1S/C18H23NO6/c1-5-24-16(22)15(18(4,12(2)20)13(3)21)19-17(23)25-11-14-9-7-6-8-10-14/h6-10,15H,5,11H2,1-4H3,(H,19,23)/t15-/m1/s1. The van der Waals surface area contributed by atoms with Crippen LogP contribution in [0.15, 0.2) is 30.3 Å². The lowest BCUT2D eigenvalue weighted by Crippen LogP contribution is -2.58. The average molecular weight is 349 g/mol. The molecule has 1 rings (SSSR count). The molecular formula is C18H23NO6. The maximum atomic E-state index is 12.2. The summed E-state index contributed by atoms with van der Waals surface area (Å²) in [7, 11) is 0. The van der Waals surface area contributed by atoms with Crippen molar-refractivity contribution in [3.05, 3.63) is 35.9 Å². The third-order valence-corrected chi connectivity index (χ3v) is 4.04. The SMILES string of the molecule is CCOC(=O)[C@@H](NC(=O)OCc1ccccc1)C(C)(C(C)=O)C(C)=O. The number of alkyl carbamates (subject to hydrolysis) is 1. The van der Waals surface area contributed by atoms with E-state index in [1.807, 2.05) is 6.07 Å². The van der Waals surface area contributed by atoms with E-state index >= 15 is 0 Å². The molecular weight excluding hydrogens is 326 g/mol. The van der Waals surface area contributed by atoms with Crippen molar-refractivity contribution in [1.82, 2.24) is 5.32 Å². The number of ketones is 2. The highest BCUT2D eigenvalue weighted by Gasteiger charge is 2.49. The lowest BCUT2D eigenvalue weighted by molar-refractivity contribution is -0.156. The van der Waals surface area contributed by atoms with Crippen LogP contribution in [0, 0.1) is 5.41 Å². The number of nitrogens with one attached hydrogen (secondary N) is 1. The maximum Gasteiger partial charge on any atom is 0.408 e. The Kier molecular flexibility index (Phi) is 7.29. The minimum Gasteiger partial charge on any atom is -0.464 e. The summed E-state index contributed by atoms with van der Waals surface area (Å²) in [5.41, 5.74) is -0.982. The molecule has 1 aromatic carbocycles. The molecule has 0 fully saturated rings. The molecule has 0 heterocycles. The molecule has 7 nitrogen and oxygen atoms in total. The molecule has 136 valence electrons. The van der Waals surface area contributed by atoms with Crippen LogP contribution in [0.2, 0.25) is 0 Å². The second kappa shape index (κ2) is 8.96. The van der Waals surface area contributed by atoms with Crippen LogP contribution in [0.1, 0.15) is 33.3 Å². The van der Waals surface area contributed by atoms with E-state index in [9.17, 15) is 19.2 Å². The Hall–Kier alpha value is -2.70. The summed E-state index contributed by atoms with van der Waals surface area (Å²) in [4.78, 5) is 48.3. The highest BCUT2D eigenvalue weighted by atomic mass is 16.6. The molecule has 0 unspecified atom stereocenters. The van der Waals surface area contributed by atoms with Crippen LogP contribution in [-0.4, -0.2) is 36.3 Å². The van der Waals surface area contributed by atoms with Crippen LogP contribution in [-0.2, 0) is 30.5 Å². The number of rotatable bonds is 8. The van der Waals surface area contributed by atoms with E-state index in [2.05, 4.69) is 5.32 Å². The minimum absolute atomic E-state index is 0.0148. The Labute approximate surface area is 146 Å². The summed E-state index contributed by atoms with van der Waals surface area (Å²) in [6, 6.07) is 7.48. The molecule has 0 saturated heterocycles. The molecule has 25 heavy (non-hydrogen) atoms. The first-order chi connectivity index (χ1) is 11.7. The van der Waals surface area contributed by atoms with Gasteiger partial charge in [-0.15, -0.1) is 0 Å². The number of amides is 1. The minimum atomic E-state index is -1.74. The predicted molar refractivity (Wildman–Crippen MR) is 89.7 cm³/mol. The number of esters is 1. The summed E-state index contributed by atoms with van der Waals surface area (Å²) in [5.74, 6) is -1.98. The number of Topliss-reactive ketones (excluding diaryl/α,β-unsaturated/α-hetero) is 2. The highest BCUT2D eigenvalue weighted by Crippen LogP contribution is 2.26. The van der Waals surface area contributed by atoms with Crippen molar-refractivity contribution in [2.45, 2.75) is 40.3 Å². The van der Waals surface area contributed by atoms with E-state index in [0.717, 1.165) is 5.56 Å². The zero-order chi connectivity index (χ0) is 19.0. The van der Waals surface area contributed by atoms with Crippen molar-refractivity contribution in [2.24, 2.45) is 5.41 Å². The quantitative estimate of drug-likeness (QED) is 0.569. The molecule has 1 N–H and O–H groups in total. The van der Waals surface area contributed by atoms with E-state index in [4.69, 9.17) is 9.47 Å². The fraction of sp³-hybridized carbons (Fsp3) is 0.444. The van der Waals surface area contributed by atoms with E-state index < -0.39 is 35.1 Å². The van der Waals surface area contributed by atoms with Gasteiger partial charge in [-0.25, -0.2) is 9.59 Å². The van der Waals surface area contributed by atoms with Crippen LogP contribution in [0.3, 0.4) is 0 Å². The third kappa shape index (κ3) is 5.14. The lowest BCUT2D eigenvalue weighted by Gasteiger charge is -2.31. The van der Waals surface area contributed by atoms with Crippen molar-refractivity contribution in [1.29, 1.82) is 0 Å². The molecule has 0 spiro atoms. The Balaban J connectivity index is 2.93.